The Morgan fingerprint density at radius 2 is 1.73 bits per heavy atom. The maximum Gasteiger partial charge on any atom is 0.410 e. The molecule has 0 bridgehead atoms. The van der Waals surface area contributed by atoms with Crippen LogP contribution in [0.15, 0.2) is 4.99 Å². The fourth-order valence-electron chi connectivity index (χ4n) is 2.39. The first-order chi connectivity index (χ1) is 12.0. The summed E-state index contributed by atoms with van der Waals surface area (Å²) in [5.74, 6) is 0.520. The first kappa shape index (κ1) is 22.5. The number of piperazine rings is 1. The lowest BCUT2D eigenvalue weighted by Gasteiger charge is -2.36. The Balaban J connectivity index is 2.38. The van der Waals surface area contributed by atoms with Gasteiger partial charge in [0.25, 0.3) is 0 Å². The van der Waals surface area contributed by atoms with Crippen molar-refractivity contribution < 1.29 is 17.9 Å². The highest BCUT2D eigenvalue weighted by molar-refractivity contribution is 7.89. The maximum absolute atomic E-state index is 12.0. The number of hydrogen-bond acceptors (Lipinski definition) is 5. The van der Waals surface area contributed by atoms with Crippen LogP contribution in [0.4, 0.5) is 4.79 Å². The van der Waals surface area contributed by atoms with Crippen LogP contribution < -0.4 is 5.73 Å². The number of nitrogens with two attached hydrogens (primary N) is 1. The Morgan fingerprint density at radius 3 is 2.23 bits per heavy atom. The van der Waals surface area contributed by atoms with Crippen molar-refractivity contribution in [2.75, 3.05) is 52.1 Å². The molecule has 2 N–H and O–H groups in total. The van der Waals surface area contributed by atoms with E-state index in [1.165, 1.54) is 4.31 Å². The zero-order chi connectivity index (χ0) is 20.0. The van der Waals surface area contributed by atoms with Gasteiger partial charge >= 0.3 is 6.09 Å². The van der Waals surface area contributed by atoms with Gasteiger partial charge in [0, 0.05) is 46.3 Å². The predicted molar refractivity (Wildman–Crippen MR) is 103 cm³/mol. The van der Waals surface area contributed by atoms with Gasteiger partial charge in [-0.25, -0.2) is 17.5 Å². The Labute approximate surface area is 157 Å². The molecule has 0 radical (unpaired) electrons. The Bertz CT molecular complexity index is 592. The number of ether oxygens (including phenoxy) is 1. The summed E-state index contributed by atoms with van der Waals surface area (Å²) in [6.45, 7) is 10.3. The third-order valence-electron chi connectivity index (χ3n) is 4.00. The normalized spacial score (nSPS) is 16.9. The van der Waals surface area contributed by atoms with Crippen LogP contribution in [-0.4, -0.2) is 92.2 Å². The number of aliphatic imine (C=N–C) groups is 1. The van der Waals surface area contributed by atoms with Crippen molar-refractivity contribution in [1.29, 1.82) is 0 Å². The molecule has 1 fully saturated rings. The first-order valence-corrected chi connectivity index (χ1v) is 10.5. The highest BCUT2D eigenvalue weighted by Gasteiger charge is 2.26. The van der Waals surface area contributed by atoms with Crippen molar-refractivity contribution in [3.8, 4) is 0 Å². The third-order valence-corrected chi connectivity index (χ3v) is 5.86. The topological polar surface area (TPSA) is 109 Å². The summed E-state index contributed by atoms with van der Waals surface area (Å²) in [4.78, 5) is 20.0. The van der Waals surface area contributed by atoms with E-state index >= 15 is 0 Å². The lowest BCUT2D eigenvalue weighted by molar-refractivity contribution is 0.0186. The van der Waals surface area contributed by atoms with Crippen molar-refractivity contribution in [3.05, 3.63) is 0 Å². The number of hydrogen-bond donors (Lipinski definition) is 1. The smallest absolute Gasteiger partial charge is 0.410 e. The third kappa shape index (κ3) is 7.36. The largest absolute Gasteiger partial charge is 0.444 e. The van der Waals surface area contributed by atoms with E-state index in [4.69, 9.17) is 10.5 Å². The molecule has 9 nitrogen and oxygen atoms in total. The minimum Gasteiger partial charge on any atom is -0.444 e. The summed E-state index contributed by atoms with van der Waals surface area (Å²) in [7, 11) is -1.58. The van der Waals surface area contributed by atoms with Gasteiger partial charge in [-0.05, 0) is 34.1 Å². The SMILES string of the molecule is CCS(=O)(=O)N(C)CCCN=C(N)N1CCN(C(=O)OC(C)(C)C)CC1. The second-order valence-corrected chi connectivity index (χ2v) is 9.63. The number of guanidine groups is 1. The van der Waals surface area contributed by atoms with Crippen LogP contribution >= 0.6 is 0 Å². The quantitative estimate of drug-likeness (QED) is 0.402. The van der Waals surface area contributed by atoms with E-state index in [9.17, 15) is 13.2 Å². The summed E-state index contributed by atoms with van der Waals surface area (Å²) in [6, 6.07) is 0. The second-order valence-electron chi connectivity index (χ2n) is 7.27. The lowest BCUT2D eigenvalue weighted by Crippen LogP contribution is -2.53. The maximum atomic E-state index is 12.0. The molecular weight excluding hydrogens is 358 g/mol. The Morgan fingerprint density at radius 1 is 1.19 bits per heavy atom. The molecule has 0 saturated carbocycles. The molecule has 1 amide bonds. The zero-order valence-electron chi connectivity index (χ0n) is 16.6. The van der Waals surface area contributed by atoms with E-state index in [1.807, 2.05) is 25.7 Å². The minimum absolute atomic E-state index is 0.0941. The van der Waals surface area contributed by atoms with Crippen molar-refractivity contribution >= 4 is 22.1 Å². The molecule has 1 aliphatic heterocycles. The van der Waals surface area contributed by atoms with Gasteiger partial charge in [-0.15, -0.1) is 0 Å². The zero-order valence-corrected chi connectivity index (χ0v) is 17.4. The molecule has 1 heterocycles. The van der Waals surface area contributed by atoms with E-state index in [0.29, 0.717) is 51.6 Å². The van der Waals surface area contributed by atoms with Crippen molar-refractivity contribution in [2.24, 2.45) is 10.7 Å². The van der Waals surface area contributed by atoms with Gasteiger partial charge in [0.1, 0.15) is 5.60 Å². The first-order valence-electron chi connectivity index (χ1n) is 8.93. The standard InChI is InChI=1S/C16H33N5O4S/c1-6-26(23,24)19(5)9-7-8-18-14(17)20-10-12-21(13-11-20)15(22)25-16(2,3)4/h6-13H2,1-5H3,(H2,17,18). The number of carbonyl (C=O) groups is 1. The van der Waals surface area contributed by atoms with Gasteiger partial charge in [0.2, 0.25) is 10.0 Å². The van der Waals surface area contributed by atoms with Crippen molar-refractivity contribution in [1.82, 2.24) is 14.1 Å². The fourth-order valence-corrected chi connectivity index (χ4v) is 3.24. The molecule has 10 heteroatoms. The van der Waals surface area contributed by atoms with Gasteiger partial charge in [-0.1, -0.05) is 0 Å². The molecule has 1 aliphatic rings. The number of carbonyl (C=O) groups excluding carboxylic acids is 1. The van der Waals surface area contributed by atoms with Gasteiger partial charge in [0.15, 0.2) is 5.96 Å². The van der Waals surface area contributed by atoms with Crippen LogP contribution in [0.25, 0.3) is 0 Å². The van der Waals surface area contributed by atoms with Crippen LogP contribution in [-0.2, 0) is 14.8 Å². The summed E-state index contributed by atoms with van der Waals surface area (Å²) in [6.07, 6.45) is 0.293. The van der Waals surface area contributed by atoms with E-state index in [2.05, 4.69) is 4.99 Å². The number of sulfonamides is 1. The second kappa shape index (κ2) is 9.40. The van der Waals surface area contributed by atoms with E-state index in [0.717, 1.165) is 0 Å². The highest BCUT2D eigenvalue weighted by Crippen LogP contribution is 2.11. The van der Waals surface area contributed by atoms with E-state index < -0.39 is 15.6 Å². The summed E-state index contributed by atoms with van der Waals surface area (Å²) >= 11 is 0. The molecule has 1 saturated heterocycles. The van der Waals surface area contributed by atoms with Crippen LogP contribution in [0, 0.1) is 0 Å². The molecule has 26 heavy (non-hydrogen) atoms. The van der Waals surface area contributed by atoms with Gasteiger partial charge in [-0.3, -0.25) is 4.99 Å². The molecule has 0 atom stereocenters. The monoisotopic (exact) mass is 391 g/mol. The molecule has 0 aromatic rings. The Hall–Kier alpha value is -1.55. The van der Waals surface area contributed by atoms with Gasteiger partial charge < -0.3 is 20.3 Å². The molecular formula is C16H33N5O4S. The van der Waals surface area contributed by atoms with E-state index in [-0.39, 0.29) is 11.8 Å². The van der Waals surface area contributed by atoms with Crippen LogP contribution in [0.3, 0.4) is 0 Å². The summed E-state index contributed by atoms with van der Waals surface area (Å²) < 4.78 is 30.0. The van der Waals surface area contributed by atoms with Gasteiger partial charge in [0.05, 0.1) is 5.75 Å². The Kier molecular flexibility index (Phi) is 8.14. The van der Waals surface area contributed by atoms with Crippen molar-refractivity contribution in [3.63, 3.8) is 0 Å². The van der Waals surface area contributed by atoms with E-state index in [1.54, 1.807) is 18.9 Å². The van der Waals surface area contributed by atoms with Crippen LogP contribution in [0.2, 0.25) is 0 Å². The molecule has 0 aromatic heterocycles. The van der Waals surface area contributed by atoms with Crippen LogP contribution in [0.5, 0.6) is 0 Å². The van der Waals surface area contributed by atoms with Crippen LogP contribution in [0.1, 0.15) is 34.1 Å². The molecule has 0 aliphatic carbocycles. The van der Waals surface area contributed by atoms with Crippen molar-refractivity contribution in [2.45, 2.75) is 39.7 Å². The number of amides is 1. The minimum atomic E-state index is -3.15. The highest BCUT2D eigenvalue weighted by atomic mass is 32.2. The average molecular weight is 392 g/mol. The molecule has 0 aromatic carbocycles. The number of rotatable bonds is 6. The molecule has 0 spiro atoms. The van der Waals surface area contributed by atoms with Gasteiger partial charge in [-0.2, -0.15) is 0 Å². The molecule has 1 rings (SSSR count). The predicted octanol–water partition coefficient (Wildman–Crippen LogP) is 0.525. The average Bonchev–Trinajstić information content (AvgIpc) is 2.56. The summed E-state index contributed by atoms with van der Waals surface area (Å²) in [5, 5.41) is 0. The number of nitrogens with zero attached hydrogens (tertiary/aromatic N) is 4. The fraction of sp³-hybridized carbons (Fsp3) is 0.875. The molecule has 0 unspecified atom stereocenters. The lowest BCUT2D eigenvalue weighted by atomic mass is 10.2. The summed E-state index contributed by atoms with van der Waals surface area (Å²) in [5.41, 5.74) is 5.50. The molecule has 152 valence electrons.